The first-order valence-corrected chi connectivity index (χ1v) is 10.6. The first-order valence-electron chi connectivity index (χ1n) is 10.6. The summed E-state index contributed by atoms with van der Waals surface area (Å²) in [7, 11) is 1.57. The van der Waals surface area contributed by atoms with E-state index in [1.807, 2.05) is 31.2 Å². The summed E-state index contributed by atoms with van der Waals surface area (Å²) in [5.74, 6) is 0.941. The SMILES string of the molecule is CCN1Cc2c(Oc3ccc(CC(=O)Cc4cccc(OC)c4)cc3F)ccnc2NC1=O. The van der Waals surface area contributed by atoms with Crippen LogP contribution in [-0.2, 0) is 24.2 Å². The average Bonchev–Trinajstić information content (AvgIpc) is 2.80. The molecule has 0 aliphatic carbocycles. The van der Waals surface area contributed by atoms with Crippen molar-refractivity contribution < 1.29 is 23.5 Å². The number of hydrogen-bond donors (Lipinski definition) is 1. The van der Waals surface area contributed by atoms with Gasteiger partial charge < -0.3 is 14.4 Å². The van der Waals surface area contributed by atoms with Gasteiger partial charge in [-0.05, 0) is 48.4 Å². The quantitative estimate of drug-likeness (QED) is 0.537. The normalized spacial score (nSPS) is 12.7. The van der Waals surface area contributed by atoms with Crippen molar-refractivity contribution in [3.05, 3.63) is 77.2 Å². The van der Waals surface area contributed by atoms with E-state index in [2.05, 4.69) is 10.3 Å². The molecule has 170 valence electrons. The lowest BCUT2D eigenvalue weighted by atomic mass is 10.0. The number of hydrogen-bond acceptors (Lipinski definition) is 5. The summed E-state index contributed by atoms with van der Waals surface area (Å²) in [6.45, 7) is 2.71. The second kappa shape index (κ2) is 9.68. The fourth-order valence-corrected chi connectivity index (χ4v) is 3.69. The molecule has 0 atom stereocenters. The molecule has 1 aliphatic heterocycles. The highest BCUT2D eigenvalue weighted by Gasteiger charge is 2.25. The van der Waals surface area contributed by atoms with Gasteiger partial charge in [0.15, 0.2) is 11.6 Å². The first-order chi connectivity index (χ1) is 16.0. The maximum atomic E-state index is 14.8. The van der Waals surface area contributed by atoms with Gasteiger partial charge >= 0.3 is 6.03 Å². The zero-order valence-corrected chi connectivity index (χ0v) is 18.4. The van der Waals surface area contributed by atoms with Gasteiger partial charge in [0.05, 0.1) is 19.2 Å². The molecule has 33 heavy (non-hydrogen) atoms. The van der Waals surface area contributed by atoms with Gasteiger partial charge in [-0.15, -0.1) is 0 Å². The lowest BCUT2D eigenvalue weighted by molar-refractivity contribution is -0.117. The van der Waals surface area contributed by atoms with Gasteiger partial charge in [0.1, 0.15) is 23.1 Å². The van der Waals surface area contributed by atoms with Crippen LogP contribution in [0.1, 0.15) is 23.6 Å². The molecule has 0 radical (unpaired) electrons. The number of nitrogens with zero attached hydrogens (tertiary/aromatic N) is 2. The molecule has 0 bridgehead atoms. The highest BCUT2D eigenvalue weighted by atomic mass is 19.1. The summed E-state index contributed by atoms with van der Waals surface area (Å²) in [5, 5.41) is 2.72. The minimum Gasteiger partial charge on any atom is -0.497 e. The number of Topliss-reactive ketones (excluding diaryl/α,β-unsaturated/α-hetero) is 1. The van der Waals surface area contributed by atoms with E-state index in [0.717, 1.165) is 5.56 Å². The number of pyridine rings is 1. The van der Waals surface area contributed by atoms with Crippen LogP contribution in [-0.4, -0.2) is 35.4 Å². The third-order valence-electron chi connectivity index (χ3n) is 5.41. The Bertz CT molecular complexity index is 1200. The molecular formula is C25H24FN3O4. The Hall–Kier alpha value is -3.94. The maximum Gasteiger partial charge on any atom is 0.323 e. The van der Waals surface area contributed by atoms with Gasteiger partial charge in [0.2, 0.25) is 0 Å². The summed E-state index contributed by atoms with van der Waals surface area (Å²) in [5.41, 5.74) is 2.08. The molecule has 1 aliphatic rings. The van der Waals surface area contributed by atoms with E-state index in [1.54, 1.807) is 24.1 Å². The second-order valence-electron chi connectivity index (χ2n) is 7.69. The lowest BCUT2D eigenvalue weighted by Crippen LogP contribution is -2.38. The van der Waals surface area contributed by atoms with Crippen LogP contribution in [0.2, 0.25) is 0 Å². The Balaban J connectivity index is 1.46. The molecule has 1 aromatic heterocycles. The largest absolute Gasteiger partial charge is 0.497 e. The molecular weight excluding hydrogens is 425 g/mol. The van der Waals surface area contributed by atoms with E-state index in [9.17, 15) is 14.0 Å². The Morgan fingerprint density at radius 3 is 2.64 bits per heavy atom. The molecule has 0 saturated heterocycles. The van der Waals surface area contributed by atoms with Crippen molar-refractivity contribution in [3.63, 3.8) is 0 Å². The minimum atomic E-state index is -0.570. The van der Waals surface area contributed by atoms with Crippen LogP contribution in [0.5, 0.6) is 17.2 Å². The maximum absolute atomic E-state index is 14.8. The molecule has 8 heteroatoms. The number of anilines is 1. The van der Waals surface area contributed by atoms with Gasteiger partial charge in [0.25, 0.3) is 0 Å². The van der Waals surface area contributed by atoms with Crippen LogP contribution in [0.25, 0.3) is 0 Å². The number of aromatic nitrogens is 1. The third-order valence-corrected chi connectivity index (χ3v) is 5.41. The van der Waals surface area contributed by atoms with Gasteiger partial charge in [-0.1, -0.05) is 18.2 Å². The highest BCUT2D eigenvalue weighted by molar-refractivity contribution is 5.91. The van der Waals surface area contributed by atoms with Gasteiger partial charge in [-0.25, -0.2) is 14.2 Å². The van der Waals surface area contributed by atoms with Crippen LogP contribution >= 0.6 is 0 Å². The van der Waals surface area contributed by atoms with Crippen molar-refractivity contribution in [1.82, 2.24) is 9.88 Å². The number of ketones is 1. The predicted octanol–water partition coefficient (Wildman–Crippen LogP) is 4.74. The summed E-state index contributed by atoms with van der Waals surface area (Å²) >= 11 is 0. The van der Waals surface area contributed by atoms with Crippen molar-refractivity contribution in [2.45, 2.75) is 26.3 Å². The van der Waals surface area contributed by atoms with E-state index >= 15 is 0 Å². The number of methoxy groups -OCH3 is 1. The van der Waals surface area contributed by atoms with E-state index < -0.39 is 5.82 Å². The molecule has 0 fully saturated rings. The fraction of sp³-hybridized carbons (Fsp3) is 0.240. The van der Waals surface area contributed by atoms with Crippen LogP contribution in [0.15, 0.2) is 54.7 Å². The number of benzene rings is 2. The lowest BCUT2D eigenvalue weighted by Gasteiger charge is -2.28. The Kier molecular flexibility index (Phi) is 6.53. The molecule has 7 nitrogen and oxygen atoms in total. The Labute approximate surface area is 191 Å². The van der Waals surface area contributed by atoms with Crippen LogP contribution in [0, 0.1) is 5.82 Å². The number of nitrogens with one attached hydrogen (secondary N) is 1. The molecule has 3 aromatic rings. The third kappa shape index (κ3) is 5.11. The number of amides is 2. The van der Waals surface area contributed by atoms with Gasteiger partial charge in [-0.2, -0.15) is 0 Å². The highest BCUT2D eigenvalue weighted by Crippen LogP contribution is 2.34. The van der Waals surface area contributed by atoms with Crippen molar-refractivity contribution in [1.29, 1.82) is 0 Å². The van der Waals surface area contributed by atoms with E-state index in [4.69, 9.17) is 9.47 Å². The van der Waals surface area contributed by atoms with E-state index in [0.29, 0.717) is 41.5 Å². The number of urea groups is 1. The van der Waals surface area contributed by atoms with Crippen molar-refractivity contribution in [2.75, 3.05) is 19.0 Å². The minimum absolute atomic E-state index is 0.0325. The number of ether oxygens (including phenoxy) is 2. The molecule has 2 amide bonds. The van der Waals surface area contributed by atoms with Gasteiger partial charge in [0, 0.05) is 25.6 Å². The summed E-state index contributed by atoms with van der Waals surface area (Å²) in [4.78, 5) is 30.3. The molecule has 1 N–H and O–H groups in total. The Morgan fingerprint density at radius 1 is 1.12 bits per heavy atom. The number of carbonyl (C=O) groups is 2. The zero-order valence-electron chi connectivity index (χ0n) is 18.4. The number of rotatable bonds is 8. The fourth-order valence-electron chi connectivity index (χ4n) is 3.69. The molecule has 0 spiro atoms. The van der Waals surface area contributed by atoms with Crippen LogP contribution in [0.3, 0.4) is 0 Å². The second-order valence-corrected chi connectivity index (χ2v) is 7.69. The van der Waals surface area contributed by atoms with Gasteiger partial charge in [-0.3, -0.25) is 10.1 Å². The first kappa shape index (κ1) is 22.3. The van der Waals surface area contributed by atoms with Crippen molar-refractivity contribution in [2.24, 2.45) is 0 Å². The van der Waals surface area contributed by atoms with Crippen LogP contribution < -0.4 is 14.8 Å². The Morgan fingerprint density at radius 2 is 1.91 bits per heavy atom. The van der Waals surface area contributed by atoms with Crippen LogP contribution in [0.4, 0.5) is 15.0 Å². The van der Waals surface area contributed by atoms with Crippen molar-refractivity contribution in [3.8, 4) is 17.2 Å². The monoisotopic (exact) mass is 449 g/mol. The topological polar surface area (TPSA) is 80.8 Å². The predicted molar refractivity (Wildman–Crippen MR) is 121 cm³/mol. The summed E-state index contributed by atoms with van der Waals surface area (Å²) in [6.07, 6.45) is 1.84. The average molecular weight is 449 g/mol. The molecule has 2 aromatic carbocycles. The number of carbonyl (C=O) groups excluding carboxylic acids is 2. The van der Waals surface area contributed by atoms with Crippen molar-refractivity contribution >= 4 is 17.6 Å². The standard InChI is InChI=1S/C25H24FN3O4/c1-3-29-15-20-22(9-10-27-24(20)28-25(29)31)33-23-8-7-17(14-21(23)26)12-18(30)11-16-5-4-6-19(13-16)32-2/h4-10,13-14H,3,11-12,15H2,1-2H3,(H,27,28,31). The van der Waals surface area contributed by atoms with E-state index in [1.165, 1.54) is 18.3 Å². The number of fused-ring (bicyclic) bond motifs is 1. The molecule has 0 saturated carbocycles. The smallest absolute Gasteiger partial charge is 0.323 e. The zero-order chi connectivity index (χ0) is 23.4. The molecule has 0 unspecified atom stereocenters. The summed E-state index contributed by atoms with van der Waals surface area (Å²) in [6, 6.07) is 13.2. The summed E-state index contributed by atoms with van der Waals surface area (Å²) < 4.78 is 25.8. The molecule has 2 heterocycles. The van der Waals surface area contributed by atoms with E-state index in [-0.39, 0.29) is 30.4 Å². The number of halogens is 1. The molecule has 4 rings (SSSR count).